The van der Waals surface area contributed by atoms with Gasteiger partial charge in [-0.05, 0) is 65.6 Å². The van der Waals surface area contributed by atoms with Gasteiger partial charge < -0.3 is 9.80 Å². The Bertz CT molecular complexity index is 916. The number of anilines is 1. The van der Waals surface area contributed by atoms with Gasteiger partial charge in [0.05, 0.1) is 5.69 Å². The van der Waals surface area contributed by atoms with Crippen LogP contribution in [0.4, 0.5) is 5.69 Å². The topological polar surface area (TPSA) is 67.2 Å². The minimum atomic E-state index is -0.00304. The number of hydrogen-bond donors (Lipinski definition) is 0. The zero-order valence-electron chi connectivity index (χ0n) is 16.0. The summed E-state index contributed by atoms with van der Waals surface area (Å²) >= 11 is 0. The first-order valence-corrected chi connectivity index (χ1v) is 9.64. The van der Waals surface area contributed by atoms with Crippen molar-refractivity contribution in [2.24, 2.45) is 0 Å². The lowest BCUT2D eigenvalue weighted by Crippen LogP contribution is -2.32. The second-order valence-electron chi connectivity index (χ2n) is 7.14. The zero-order valence-corrected chi connectivity index (χ0v) is 16.0. The third-order valence-corrected chi connectivity index (χ3v) is 5.17. The minimum Gasteiger partial charge on any atom is -0.371 e. The van der Waals surface area contributed by atoms with E-state index < -0.39 is 0 Å². The Morgan fingerprint density at radius 2 is 1.79 bits per heavy atom. The first-order chi connectivity index (χ1) is 13.7. The second kappa shape index (κ2) is 8.21. The van der Waals surface area contributed by atoms with E-state index in [1.54, 1.807) is 9.58 Å². The fourth-order valence-electron chi connectivity index (χ4n) is 3.67. The summed E-state index contributed by atoms with van der Waals surface area (Å²) in [5.41, 5.74) is 3.90. The molecule has 2 aromatic carbocycles. The molecule has 0 saturated carbocycles. The lowest BCUT2D eigenvalue weighted by molar-refractivity contribution is 0.0785. The fourth-order valence-corrected chi connectivity index (χ4v) is 3.67. The van der Waals surface area contributed by atoms with Crippen molar-refractivity contribution in [3.05, 3.63) is 66.0 Å². The summed E-state index contributed by atoms with van der Waals surface area (Å²) in [7, 11) is 1.85. The number of rotatable bonds is 5. The number of benzene rings is 2. The molecule has 0 aliphatic carbocycles. The van der Waals surface area contributed by atoms with Crippen molar-refractivity contribution in [3.8, 4) is 5.69 Å². The van der Waals surface area contributed by atoms with Gasteiger partial charge in [-0.25, -0.2) is 4.68 Å². The van der Waals surface area contributed by atoms with Crippen molar-refractivity contribution < 1.29 is 4.79 Å². The van der Waals surface area contributed by atoms with E-state index in [1.807, 2.05) is 37.4 Å². The van der Waals surface area contributed by atoms with Crippen molar-refractivity contribution in [3.63, 3.8) is 0 Å². The maximum absolute atomic E-state index is 12.9. The van der Waals surface area contributed by atoms with E-state index in [-0.39, 0.29) is 5.91 Å². The molecule has 0 atom stereocenters. The highest BCUT2D eigenvalue weighted by Crippen LogP contribution is 2.25. The number of hydrogen-bond acceptors (Lipinski definition) is 5. The van der Waals surface area contributed by atoms with E-state index in [0.29, 0.717) is 12.1 Å². The fraction of sp³-hybridized carbons (Fsp3) is 0.333. The second-order valence-corrected chi connectivity index (χ2v) is 7.14. The summed E-state index contributed by atoms with van der Waals surface area (Å²) in [6, 6.07) is 15.7. The maximum atomic E-state index is 12.9. The number of carbonyl (C=O) groups excluding carboxylic acids is 1. The third kappa shape index (κ3) is 3.88. The first-order valence-electron chi connectivity index (χ1n) is 9.64. The molecule has 7 heteroatoms. The van der Waals surface area contributed by atoms with E-state index in [0.717, 1.165) is 18.8 Å². The number of amides is 1. The van der Waals surface area contributed by atoms with Gasteiger partial charge in [-0.15, -0.1) is 5.10 Å². The molecule has 1 amide bonds. The maximum Gasteiger partial charge on any atom is 0.253 e. The largest absolute Gasteiger partial charge is 0.371 e. The van der Waals surface area contributed by atoms with Crippen molar-refractivity contribution in [1.82, 2.24) is 25.1 Å². The van der Waals surface area contributed by atoms with Crippen LogP contribution in [-0.2, 0) is 6.54 Å². The Labute approximate surface area is 164 Å². The summed E-state index contributed by atoms with van der Waals surface area (Å²) in [6.45, 7) is 2.76. The minimum absolute atomic E-state index is 0.00304. The molecule has 144 valence electrons. The first kappa shape index (κ1) is 18.2. The average Bonchev–Trinajstić information content (AvgIpc) is 3.29. The van der Waals surface area contributed by atoms with Gasteiger partial charge in [0.25, 0.3) is 5.91 Å². The number of carbonyl (C=O) groups is 1. The Morgan fingerprint density at radius 1 is 1.04 bits per heavy atom. The summed E-state index contributed by atoms with van der Waals surface area (Å²) in [4.78, 5) is 17.1. The molecular formula is C21H24N6O. The van der Waals surface area contributed by atoms with Crippen LogP contribution in [-0.4, -0.2) is 51.2 Å². The highest BCUT2D eigenvalue weighted by molar-refractivity contribution is 5.94. The van der Waals surface area contributed by atoms with E-state index in [2.05, 4.69) is 38.6 Å². The van der Waals surface area contributed by atoms with E-state index in [4.69, 9.17) is 0 Å². The molecule has 1 aliphatic heterocycles. The molecule has 4 rings (SSSR count). The van der Waals surface area contributed by atoms with Gasteiger partial charge in [0.2, 0.25) is 0 Å². The Kier molecular flexibility index (Phi) is 5.32. The van der Waals surface area contributed by atoms with Crippen LogP contribution in [0.1, 0.15) is 35.2 Å². The number of para-hydroxylation sites is 1. The van der Waals surface area contributed by atoms with Crippen LogP contribution in [0.15, 0.2) is 54.9 Å². The number of tetrazole rings is 1. The van der Waals surface area contributed by atoms with Gasteiger partial charge in [0, 0.05) is 37.9 Å². The summed E-state index contributed by atoms with van der Waals surface area (Å²) < 4.78 is 1.56. The predicted molar refractivity (Wildman–Crippen MR) is 107 cm³/mol. The van der Waals surface area contributed by atoms with Crippen LogP contribution >= 0.6 is 0 Å². The van der Waals surface area contributed by atoms with Crippen molar-refractivity contribution in [2.45, 2.75) is 25.8 Å². The van der Waals surface area contributed by atoms with Crippen LogP contribution in [0, 0.1) is 0 Å². The van der Waals surface area contributed by atoms with Gasteiger partial charge in [-0.2, -0.15) is 0 Å². The predicted octanol–water partition coefficient (Wildman–Crippen LogP) is 2.92. The van der Waals surface area contributed by atoms with Gasteiger partial charge in [0.15, 0.2) is 0 Å². The van der Waals surface area contributed by atoms with Gasteiger partial charge >= 0.3 is 0 Å². The molecule has 0 unspecified atom stereocenters. The van der Waals surface area contributed by atoms with E-state index in [1.165, 1.54) is 36.8 Å². The molecule has 1 aliphatic rings. The molecule has 1 aromatic heterocycles. The lowest BCUT2D eigenvalue weighted by atomic mass is 10.1. The monoisotopic (exact) mass is 376 g/mol. The Hall–Kier alpha value is -3.22. The van der Waals surface area contributed by atoms with Crippen molar-refractivity contribution in [2.75, 3.05) is 25.0 Å². The molecular weight excluding hydrogens is 352 g/mol. The Morgan fingerprint density at radius 3 is 2.50 bits per heavy atom. The molecule has 0 N–H and O–H groups in total. The number of nitrogens with zero attached hydrogens (tertiary/aromatic N) is 6. The number of piperidine rings is 1. The van der Waals surface area contributed by atoms with Gasteiger partial charge in [-0.3, -0.25) is 4.79 Å². The van der Waals surface area contributed by atoms with Crippen LogP contribution < -0.4 is 4.90 Å². The molecule has 1 fully saturated rings. The lowest BCUT2D eigenvalue weighted by Gasteiger charge is -2.31. The standard InChI is InChI=1S/C21H24N6O/c1-25(15-18-7-3-4-8-20(18)26-13-5-2-6-14-26)21(28)17-9-11-19(12-10-17)27-16-22-23-24-27/h3-4,7-12,16H,2,5-6,13-15H2,1H3. The van der Waals surface area contributed by atoms with Crippen LogP contribution in [0.3, 0.4) is 0 Å². The zero-order chi connectivity index (χ0) is 19.3. The Balaban J connectivity index is 1.48. The highest BCUT2D eigenvalue weighted by Gasteiger charge is 2.17. The molecule has 2 heterocycles. The van der Waals surface area contributed by atoms with E-state index in [9.17, 15) is 4.79 Å². The van der Waals surface area contributed by atoms with Crippen LogP contribution in [0.5, 0.6) is 0 Å². The summed E-state index contributed by atoms with van der Waals surface area (Å²) in [6.07, 6.45) is 5.30. The quantitative estimate of drug-likeness (QED) is 0.685. The smallest absolute Gasteiger partial charge is 0.253 e. The molecule has 28 heavy (non-hydrogen) atoms. The molecule has 7 nitrogen and oxygen atoms in total. The van der Waals surface area contributed by atoms with Crippen molar-refractivity contribution >= 4 is 11.6 Å². The molecule has 1 saturated heterocycles. The third-order valence-electron chi connectivity index (χ3n) is 5.17. The molecule has 3 aromatic rings. The summed E-state index contributed by atoms with van der Waals surface area (Å²) in [5.74, 6) is -0.00304. The average molecular weight is 376 g/mol. The summed E-state index contributed by atoms with van der Waals surface area (Å²) in [5, 5.41) is 11.1. The number of aromatic nitrogens is 4. The SMILES string of the molecule is CN(Cc1ccccc1N1CCCCC1)C(=O)c1ccc(-n2cnnn2)cc1. The van der Waals surface area contributed by atoms with Crippen molar-refractivity contribution in [1.29, 1.82) is 0 Å². The molecule has 0 radical (unpaired) electrons. The molecule has 0 bridgehead atoms. The van der Waals surface area contributed by atoms with Gasteiger partial charge in [0.1, 0.15) is 6.33 Å². The molecule has 0 spiro atoms. The van der Waals surface area contributed by atoms with Crippen LogP contribution in [0.2, 0.25) is 0 Å². The van der Waals surface area contributed by atoms with Gasteiger partial charge in [-0.1, -0.05) is 18.2 Å². The highest BCUT2D eigenvalue weighted by atomic mass is 16.2. The normalized spacial score (nSPS) is 14.1. The van der Waals surface area contributed by atoms with Crippen LogP contribution in [0.25, 0.3) is 5.69 Å². The van der Waals surface area contributed by atoms with E-state index >= 15 is 0 Å².